The minimum Gasteiger partial charge on any atom is -0.362 e. The number of benzene rings is 1. The van der Waals surface area contributed by atoms with Gasteiger partial charge in [0.05, 0.1) is 0 Å². The zero-order chi connectivity index (χ0) is 19.2. The van der Waals surface area contributed by atoms with E-state index in [-0.39, 0.29) is 0 Å². The molecule has 2 aromatic rings. The fourth-order valence-corrected chi connectivity index (χ4v) is 4.61. The van der Waals surface area contributed by atoms with Gasteiger partial charge in [-0.05, 0) is 74.8 Å². The van der Waals surface area contributed by atoms with E-state index < -0.39 is 0 Å². The van der Waals surface area contributed by atoms with Crippen LogP contribution in [-0.4, -0.2) is 32.7 Å². The average Bonchev–Trinajstić information content (AvgIpc) is 3.26. The molecule has 1 aromatic heterocycles. The Morgan fingerprint density at radius 3 is 2.56 bits per heavy atom. The lowest BCUT2D eigenvalue weighted by molar-refractivity contribution is 0.460. The van der Waals surface area contributed by atoms with Crippen LogP contribution in [0.15, 0.2) is 23.4 Å². The molecule has 1 aliphatic carbocycles. The summed E-state index contributed by atoms with van der Waals surface area (Å²) in [6.45, 7) is 5.01. The number of aryl methyl sites for hydroxylation is 3. The first-order valence-corrected chi connectivity index (χ1v) is 11.3. The van der Waals surface area contributed by atoms with Crippen LogP contribution < -0.4 is 10.6 Å². The van der Waals surface area contributed by atoms with Crippen LogP contribution in [0.3, 0.4) is 0 Å². The molecule has 1 fully saturated rings. The molecule has 1 aliphatic rings. The number of thiocarbonyl (C=S) groups is 1. The molecule has 0 saturated heterocycles. The molecule has 0 unspecified atom stereocenters. The van der Waals surface area contributed by atoms with Gasteiger partial charge in [0.25, 0.3) is 0 Å². The van der Waals surface area contributed by atoms with Crippen molar-refractivity contribution in [1.82, 2.24) is 20.1 Å². The monoisotopic (exact) mass is 403 g/mol. The third-order valence-corrected chi connectivity index (χ3v) is 5.84. The number of hydrogen-bond donors (Lipinski definition) is 2. The number of anilines is 1. The molecule has 0 radical (unpaired) electrons. The van der Waals surface area contributed by atoms with Gasteiger partial charge in [0.1, 0.15) is 5.82 Å². The van der Waals surface area contributed by atoms with Crippen LogP contribution in [-0.2, 0) is 6.42 Å². The summed E-state index contributed by atoms with van der Waals surface area (Å²) < 4.78 is 2.38. The summed E-state index contributed by atoms with van der Waals surface area (Å²) >= 11 is 7.12. The van der Waals surface area contributed by atoms with Gasteiger partial charge in [-0.3, -0.25) is 0 Å². The van der Waals surface area contributed by atoms with Crippen LogP contribution in [0.5, 0.6) is 0 Å². The van der Waals surface area contributed by atoms with Crippen LogP contribution in [0.4, 0.5) is 5.69 Å². The van der Waals surface area contributed by atoms with E-state index in [0.29, 0.717) is 11.2 Å². The molecule has 7 heteroatoms. The smallest absolute Gasteiger partial charge is 0.191 e. The van der Waals surface area contributed by atoms with Crippen LogP contribution in [0, 0.1) is 13.8 Å². The highest BCUT2D eigenvalue weighted by molar-refractivity contribution is 7.98. The maximum absolute atomic E-state index is 5.43. The summed E-state index contributed by atoms with van der Waals surface area (Å²) in [6, 6.07) is 6.95. The molecular formula is C20H29N5S2. The molecule has 3 rings (SSSR count). The van der Waals surface area contributed by atoms with E-state index in [1.807, 2.05) is 0 Å². The van der Waals surface area contributed by atoms with Gasteiger partial charge in [-0.2, -0.15) is 0 Å². The molecule has 0 atom stereocenters. The minimum atomic E-state index is 0.581. The second-order valence-corrected chi connectivity index (χ2v) is 8.45. The Kier molecular flexibility index (Phi) is 7.13. The Balaban J connectivity index is 1.48. The first kappa shape index (κ1) is 20.1. The van der Waals surface area contributed by atoms with Crippen molar-refractivity contribution in [2.24, 2.45) is 0 Å². The van der Waals surface area contributed by atoms with E-state index in [1.54, 1.807) is 11.8 Å². The van der Waals surface area contributed by atoms with Crippen LogP contribution >= 0.6 is 24.0 Å². The fourth-order valence-electron chi connectivity index (χ4n) is 3.82. The number of rotatable bonds is 7. The van der Waals surface area contributed by atoms with Crippen LogP contribution in [0.25, 0.3) is 0 Å². The number of thioether (sulfide) groups is 1. The van der Waals surface area contributed by atoms with Crippen molar-refractivity contribution in [3.8, 4) is 0 Å². The van der Waals surface area contributed by atoms with Crippen molar-refractivity contribution < 1.29 is 0 Å². The van der Waals surface area contributed by atoms with Gasteiger partial charge < -0.3 is 15.2 Å². The summed E-state index contributed by atoms with van der Waals surface area (Å²) in [5, 5.41) is 17.1. The summed E-state index contributed by atoms with van der Waals surface area (Å²) in [5.74, 6) is 1.11. The zero-order valence-electron chi connectivity index (χ0n) is 16.4. The number of hydrogen-bond acceptors (Lipinski definition) is 4. The largest absolute Gasteiger partial charge is 0.362 e. The summed E-state index contributed by atoms with van der Waals surface area (Å²) in [6.07, 6.45) is 9.11. The van der Waals surface area contributed by atoms with Crippen molar-refractivity contribution in [3.63, 3.8) is 0 Å². The molecule has 27 heavy (non-hydrogen) atoms. The fraction of sp³-hybridized carbons (Fsp3) is 0.550. The first-order valence-electron chi connectivity index (χ1n) is 9.67. The Morgan fingerprint density at radius 2 is 1.89 bits per heavy atom. The lowest BCUT2D eigenvalue weighted by atomic mass is 10.1. The van der Waals surface area contributed by atoms with Crippen molar-refractivity contribution >= 4 is 34.8 Å². The molecule has 0 spiro atoms. The maximum Gasteiger partial charge on any atom is 0.191 e. The molecule has 1 saturated carbocycles. The van der Waals surface area contributed by atoms with Gasteiger partial charge >= 0.3 is 0 Å². The molecule has 1 heterocycles. The summed E-state index contributed by atoms with van der Waals surface area (Å²) in [5.41, 5.74) is 3.50. The normalized spacial score (nSPS) is 14.5. The van der Waals surface area contributed by atoms with Gasteiger partial charge in [0.2, 0.25) is 0 Å². The van der Waals surface area contributed by atoms with Crippen molar-refractivity contribution in [2.75, 3.05) is 18.1 Å². The highest BCUT2D eigenvalue weighted by Gasteiger charge is 2.23. The number of nitrogens with zero attached hydrogens (tertiary/aromatic N) is 3. The average molecular weight is 404 g/mol. The van der Waals surface area contributed by atoms with E-state index in [1.165, 1.54) is 36.8 Å². The highest BCUT2D eigenvalue weighted by Crippen LogP contribution is 2.33. The molecule has 0 bridgehead atoms. The zero-order valence-corrected chi connectivity index (χ0v) is 18.1. The van der Waals surface area contributed by atoms with Gasteiger partial charge in [-0.1, -0.05) is 30.7 Å². The van der Waals surface area contributed by atoms with Gasteiger partial charge in [-0.25, -0.2) is 0 Å². The quantitative estimate of drug-likeness (QED) is 0.399. The van der Waals surface area contributed by atoms with E-state index in [4.69, 9.17) is 12.2 Å². The molecule has 1 aromatic carbocycles. The molecular weight excluding hydrogens is 374 g/mol. The van der Waals surface area contributed by atoms with E-state index in [9.17, 15) is 0 Å². The maximum atomic E-state index is 5.43. The Hall–Kier alpha value is -1.60. The van der Waals surface area contributed by atoms with Crippen LogP contribution in [0.2, 0.25) is 0 Å². The van der Waals surface area contributed by atoms with E-state index >= 15 is 0 Å². The molecule has 2 N–H and O–H groups in total. The minimum absolute atomic E-state index is 0.581. The Labute approximate surface area is 171 Å². The molecule has 5 nitrogen and oxygen atoms in total. The van der Waals surface area contributed by atoms with Gasteiger partial charge in [0, 0.05) is 24.7 Å². The molecule has 0 amide bonds. The molecule has 0 aliphatic heterocycles. The predicted molar refractivity (Wildman–Crippen MR) is 118 cm³/mol. The Morgan fingerprint density at radius 1 is 1.19 bits per heavy atom. The van der Waals surface area contributed by atoms with Gasteiger partial charge in [-0.15, -0.1) is 10.2 Å². The first-order chi connectivity index (χ1) is 13.1. The van der Waals surface area contributed by atoms with Crippen molar-refractivity contribution in [3.05, 3.63) is 35.2 Å². The van der Waals surface area contributed by atoms with Crippen LogP contribution in [0.1, 0.15) is 55.1 Å². The third-order valence-electron chi connectivity index (χ3n) is 4.95. The second-order valence-electron chi connectivity index (χ2n) is 7.27. The summed E-state index contributed by atoms with van der Waals surface area (Å²) in [7, 11) is 0. The topological polar surface area (TPSA) is 54.8 Å². The molecule has 146 valence electrons. The SMILES string of the molecule is CSc1nnc(CCCNC(=S)Nc2cc(C)cc(C)c2)n1C1CCCC1. The Bertz CT molecular complexity index is 760. The summed E-state index contributed by atoms with van der Waals surface area (Å²) in [4.78, 5) is 0. The highest BCUT2D eigenvalue weighted by atomic mass is 32.2. The third kappa shape index (κ3) is 5.45. The van der Waals surface area contributed by atoms with E-state index in [2.05, 4.69) is 63.7 Å². The predicted octanol–water partition coefficient (Wildman–Crippen LogP) is 4.65. The second kappa shape index (κ2) is 9.55. The van der Waals surface area contributed by atoms with E-state index in [0.717, 1.165) is 36.1 Å². The lowest BCUT2D eigenvalue weighted by Gasteiger charge is -2.16. The standard InChI is InChI=1S/C20H29N5S2/c1-14-11-15(2)13-16(12-14)22-19(26)21-10-6-9-18-23-24-20(27-3)25(18)17-7-4-5-8-17/h11-13,17H,4-10H2,1-3H3,(H2,21,22,26). The number of nitrogens with one attached hydrogen (secondary N) is 2. The number of aromatic nitrogens is 3. The van der Waals surface area contributed by atoms with Gasteiger partial charge in [0.15, 0.2) is 10.3 Å². The lowest BCUT2D eigenvalue weighted by Crippen LogP contribution is -2.29. The van der Waals surface area contributed by atoms with Crippen molar-refractivity contribution in [1.29, 1.82) is 0 Å². The van der Waals surface area contributed by atoms with Crippen molar-refractivity contribution in [2.45, 2.75) is 63.6 Å².